The molecule has 0 bridgehead atoms. The molecule has 0 atom stereocenters. The Bertz CT molecular complexity index is 1010. The third-order valence-corrected chi connectivity index (χ3v) is 5.47. The SMILES string of the molecule is Cc1ccc(S(=O)(=O)n2cccc2C(=O)/C=C/c2ccccc2)cc1. The van der Waals surface area contributed by atoms with E-state index in [4.69, 9.17) is 0 Å². The molecular weight excluding hydrogens is 334 g/mol. The van der Waals surface area contributed by atoms with Crippen LogP contribution < -0.4 is 0 Å². The number of rotatable bonds is 5. The summed E-state index contributed by atoms with van der Waals surface area (Å²) in [4.78, 5) is 12.6. The number of aromatic nitrogens is 1. The molecule has 1 heterocycles. The zero-order chi connectivity index (χ0) is 17.9. The Balaban J connectivity index is 1.93. The first-order chi connectivity index (χ1) is 12.0. The highest BCUT2D eigenvalue weighted by Gasteiger charge is 2.21. The molecule has 3 aromatic rings. The fraction of sp³-hybridized carbons (Fsp3) is 0.0500. The maximum absolute atomic E-state index is 12.8. The molecule has 0 aliphatic heterocycles. The van der Waals surface area contributed by atoms with E-state index >= 15 is 0 Å². The van der Waals surface area contributed by atoms with Gasteiger partial charge in [0, 0.05) is 6.20 Å². The van der Waals surface area contributed by atoms with E-state index in [2.05, 4.69) is 0 Å². The van der Waals surface area contributed by atoms with Gasteiger partial charge in [-0.15, -0.1) is 0 Å². The molecule has 0 amide bonds. The summed E-state index contributed by atoms with van der Waals surface area (Å²) in [5.41, 5.74) is 1.94. The van der Waals surface area contributed by atoms with Gasteiger partial charge in [-0.3, -0.25) is 4.79 Å². The van der Waals surface area contributed by atoms with Crippen LogP contribution in [0, 0.1) is 6.92 Å². The van der Waals surface area contributed by atoms with Crippen LogP contribution in [-0.2, 0) is 10.0 Å². The highest BCUT2D eigenvalue weighted by Crippen LogP contribution is 2.18. The molecule has 0 fully saturated rings. The molecule has 0 saturated carbocycles. The van der Waals surface area contributed by atoms with Crippen molar-refractivity contribution in [1.82, 2.24) is 3.97 Å². The lowest BCUT2D eigenvalue weighted by atomic mass is 10.2. The molecule has 3 rings (SSSR count). The highest BCUT2D eigenvalue weighted by molar-refractivity contribution is 7.90. The van der Waals surface area contributed by atoms with Gasteiger partial charge < -0.3 is 0 Å². The van der Waals surface area contributed by atoms with E-state index in [-0.39, 0.29) is 16.4 Å². The summed E-state index contributed by atoms with van der Waals surface area (Å²) < 4.78 is 26.6. The number of hydrogen-bond acceptors (Lipinski definition) is 3. The van der Waals surface area contributed by atoms with Crippen LogP contribution in [0.15, 0.2) is 83.9 Å². The van der Waals surface area contributed by atoms with Crippen LogP contribution in [0.25, 0.3) is 6.08 Å². The van der Waals surface area contributed by atoms with Crippen LogP contribution in [0.2, 0.25) is 0 Å². The Labute approximate surface area is 147 Å². The van der Waals surface area contributed by atoms with Crippen molar-refractivity contribution in [1.29, 1.82) is 0 Å². The highest BCUT2D eigenvalue weighted by atomic mass is 32.2. The molecule has 0 aliphatic rings. The predicted molar refractivity (Wildman–Crippen MR) is 98.0 cm³/mol. The van der Waals surface area contributed by atoms with Crippen molar-refractivity contribution in [2.45, 2.75) is 11.8 Å². The molecule has 0 unspecified atom stereocenters. The number of carbonyl (C=O) groups excluding carboxylic acids is 1. The predicted octanol–water partition coefficient (Wildman–Crippen LogP) is 3.93. The molecule has 0 N–H and O–H groups in total. The van der Waals surface area contributed by atoms with Gasteiger partial charge >= 0.3 is 0 Å². The topological polar surface area (TPSA) is 56.1 Å². The maximum atomic E-state index is 12.8. The summed E-state index contributed by atoms with van der Waals surface area (Å²) >= 11 is 0. The lowest BCUT2D eigenvalue weighted by Gasteiger charge is -2.09. The molecule has 0 radical (unpaired) electrons. The summed E-state index contributed by atoms with van der Waals surface area (Å²) in [6.07, 6.45) is 4.43. The molecule has 25 heavy (non-hydrogen) atoms. The smallest absolute Gasteiger partial charge is 0.268 e. The number of ketones is 1. The summed E-state index contributed by atoms with van der Waals surface area (Å²) in [5, 5.41) is 0. The Morgan fingerprint density at radius 2 is 1.60 bits per heavy atom. The van der Waals surface area contributed by atoms with Gasteiger partial charge in [-0.05, 0) is 42.8 Å². The first kappa shape index (κ1) is 16.9. The second kappa shape index (κ2) is 6.91. The number of benzene rings is 2. The normalized spacial score (nSPS) is 11.7. The van der Waals surface area contributed by atoms with Crippen LogP contribution in [0.1, 0.15) is 21.6 Å². The van der Waals surface area contributed by atoms with Crippen LogP contribution >= 0.6 is 0 Å². The van der Waals surface area contributed by atoms with Gasteiger partial charge in [-0.25, -0.2) is 12.4 Å². The summed E-state index contributed by atoms with van der Waals surface area (Å²) in [6.45, 7) is 1.88. The first-order valence-corrected chi connectivity index (χ1v) is 9.19. The molecule has 0 aliphatic carbocycles. The Kier molecular flexibility index (Phi) is 4.67. The summed E-state index contributed by atoms with van der Waals surface area (Å²) in [5.74, 6) is -0.371. The average molecular weight is 351 g/mol. The third kappa shape index (κ3) is 3.61. The lowest BCUT2D eigenvalue weighted by molar-refractivity contribution is 0.104. The van der Waals surface area contributed by atoms with Crippen molar-refractivity contribution in [2.24, 2.45) is 0 Å². The molecule has 0 saturated heterocycles. The van der Waals surface area contributed by atoms with Crippen LogP contribution in [-0.4, -0.2) is 18.2 Å². The van der Waals surface area contributed by atoms with Gasteiger partial charge in [-0.2, -0.15) is 0 Å². The number of hydrogen-bond donors (Lipinski definition) is 0. The summed E-state index contributed by atoms with van der Waals surface area (Å²) in [6, 6.07) is 19.0. The van der Waals surface area contributed by atoms with E-state index in [1.165, 1.54) is 18.3 Å². The van der Waals surface area contributed by atoms with Gasteiger partial charge in [-0.1, -0.05) is 54.1 Å². The van der Waals surface area contributed by atoms with Gasteiger partial charge in [0.1, 0.15) is 5.69 Å². The molecular formula is C20H17NO3S. The molecule has 4 nitrogen and oxygen atoms in total. The van der Waals surface area contributed by atoms with E-state index in [9.17, 15) is 13.2 Å². The van der Waals surface area contributed by atoms with Crippen molar-refractivity contribution < 1.29 is 13.2 Å². The second-order valence-corrected chi connectivity index (χ2v) is 7.43. The Morgan fingerprint density at radius 1 is 0.920 bits per heavy atom. The number of nitrogens with zero attached hydrogens (tertiary/aromatic N) is 1. The minimum absolute atomic E-state index is 0.104. The quantitative estimate of drug-likeness (QED) is 0.517. The van der Waals surface area contributed by atoms with Crippen molar-refractivity contribution >= 4 is 21.9 Å². The minimum atomic E-state index is -3.81. The van der Waals surface area contributed by atoms with E-state index in [1.807, 2.05) is 37.3 Å². The first-order valence-electron chi connectivity index (χ1n) is 7.75. The van der Waals surface area contributed by atoms with E-state index in [0.717, 1.165) is 15.1 Å². The van der Waals surface area contributed by atoms with Crippen LogP contribution in [0.3, 0.4) is 0 Å². The van der Waals surface area contributed by atoms with Gasteiger partial charge in [0.2, 0.25) is 5.78 Å². The zero-order valence-electron chi connectivity index (χ0n) is 13.7. The van der Waals surface area contributed by atoms with Gasteiger partial charge in [0.15, 0.2) is 0 Å². The van der Waals surface area contributed by atoms with Crippen molar-refractivity contribution in [3.8, 4) is 0 Å². The standard InChI is InChI=1S/C20H17NO3S/c1-16-9-12-18(13-10-16)25(23,24)21-15-5-8-19(21)20(22)14-11-17-6-3-2-4-7-17/h2-15H,1H3/b14-11+. The lowest BCUT2D eigenvalue weighted by Crippen LogP contribution is -2.17. The fourth-order valence-corrected chi connectivity index (χ4v) is 3.76. The molecule has 1 aromatic heterocycles. The van der Waals surface area contributed by atoms with Crippen molar-refractivity contribution in [2.75, 3.05) is 0 Å². The number of carbonyl (C=O) groups is 1. The van der Waals surface area contributed by atoms with Gasteiger partial charge in [0.25, 0.3) is 10.0 Å². The van der Waals surface area contributed by atoms with Gasteiger partial charge in [0.05, 0.1) is 4.90 Å². The third-order valence-electron chi connectivity index (χ3n) is 3.77. The largest absolute Gasteiger partial charge is 0.288 e. The average Bonchev–Trinajstić information content (AvgIpc) is 3.12. The number of allylic oxidation sites excluding steroid dienone is 1. The Hall–Kier alpha value is -2.92. The summed E-state index contributed by atoms with van der Waals surface area (Å²) in [7, 11) is -3.81. The number of aryl methyl sites for hydroxylation is 1. The van der Waals surface area contributed by atoms with E-state index < -0.39 is 10.0 Å². The fourth-order valence-electron chi connectivity index (χ4n) is 2.41. The monoisotopic (exact) mass is 351 g/mol. The zero-order valence-corrected chi connectivity index (χ0v) is 14.5. The van der Waals surface area contributed by atoms with E-state index in [1.54, 1.807) is 36.4 Å². The van der Waals surface area contributed by atoms with Crippen LogP contribution in [0.5, 0.6) is 0 Å². The maximum Gasteiger partial charge on any atom is 0.268 e. The van der Waals surface area contributed by atoms with Crippen molar-refractivity contribution in [3.05, 3.63) is 95.8 Å². The molecule has 0 spiro atoms. The minimum Gasteiger partial charge on any atom is -0.288 e. The molecule has 2 aromatic carbocycles. The van der Waals surface area contributed by atoms with Crippen molar-refractivity contribution in [3.63, 3.8) is 0 Å². The molecule has 5 heteroatoms. The Morgan fingerprint density at radius 3 is 2.28 bits per heavy atom. The van der Waals surface area contributed by atoms with E-state index in [0.29, 0.717) is 0 Å². The molecule has 126 valence electrons. The second-order valence-electron chi connectivity index (χ2n) is 5.62. The van der Waals surface area contributed by atoms with Crippen LogP contribution in [0.4, 0.5) is 0 Å².